The summed E-state index contributed by atoms with van der Waals surface area (Å²) in [5, 5.41) is 9.38. The fourth-order valence-corrected chi connectivity index (χ4v) is 1.28. The Labute approximate surface area is 109 Å². The summed E-state index contributed by atoms with van der Waals surface area (Å²) in [5.41, 5.74) is 0.321. The fraction of sp³-hybridized carbons (Fsp3) is 0.111. The third kappa shape index (κ3) is 3.55. The maximum absolute atomic E-state index is 11.2. The molecule has 3 nitrogen and oxygen atoms in total. The van der Waals surface area contributed by atoms with Crippen molar-refractivity contribution in [3.05, 3.63) is 29.8 Å². The number of aromatic hydroxyl groups is 1. The summed E-state index contributed by atoms with van der Waals surface area (Å²) >= 11 is 10.8. The van der Waals surface area contributed by atoms with Crippen LogP contribution in [0.15, 0.2) is 24.3 Å². The van der Waals surface area contributed by atoms with Gasteiger partial charge in [-0.05, 0) is 24.4 Å². The Kier molecular flexibility index (Phi) is 4.69. The Bertz CT molecular complexity index is 393. The Hall–Kier alpha value is -0.460. The van der Waals surface area contributed by atoms with E-state index in [4.69, 9.17) is 17.0 Å². The number of alkyl halides is 2. The van der Waals surface area contributed by atoms with E-state index in [0.29, 0.717) is 5.56 Å². The predicted molar refractivity (Wildman–Crippen MR) is 67.5 cm³/mol. The van der Waals surface area contributed by atoms with Crippen molar-refractivity contribution in [1.82, 2.24) is 0 Å². The number of rotatable bonds is 2. The zero-order valence-corrected chi connectivity index (χ0v) is 11.3. The molecule has 0 heterocycles. The summed E-state index contributed by atoms with van der Waals surface area (Å²) in [4.78, 5) is 11.2. The van der Waals surface area contributed by atoms with E-state index < -0.39 is 9.71 Å². The SMILES string of the molecule is O=C(OC(=S)c1ccccc1O)C(Br)Br. The van der Waals surface area contributed by atoms with E-state index in [9.17, 15) is 9.90 Å². The molecule has 0 amide bonds. The Morgan fingerprint density at radius 2 is 2.00 bits per heavy atom. The third-order valence-electron chi connectivity index (χ3n) is 1.50. The van der Waals surface area contributed by atoms with Gasteiger partial charge >= 0.3 is 5.97 Å². The highest BCUT2D eigenvalue weighted by Crippen LogP contribution is 2.19. The average molecular weight is 354 g/mol. The van der Waals surface area contributed by atoms with Crippen molar-refractivity contribution in [3.8, 4) is 5.75 Å². The van der Waals surface area contributed by atoms with Gasteiger partial charge in [-0.2, -0.15) is 0 Å². The molecule has 15 heavy (non-hydrogen) atoms. The van der Waals surface area contributed by atoms with Crippen molar-refractivity contribution in [2.24, 2.45) is 0 Å². The molecular formula is C9H6Br2O3S. The Morgan fingerprint density at radius 3 is 2.53 bits per heavy atom. The maximum atomic E-state index is 11.2. The molecule has 1 aromatic rings. The zero-order valence-electron chi connectivity index (χ0n) is 7.31. The van der Waals surface area contributed by atoms with E-state index in [2.05, 4.69) is 31.9 Å². The summed E-state index contributed by atoms with van der Waals surface area (Å²) in [6.07, 6.45) is 0. The lowest BCUT2D eigenvalue weighted by Gasteiger charge is -2.07. The van der Waals surface area contributed by atoms with Crippen molar-refractivity contribution >= 4 is 55.1 Å². The van der Waals surface area contributed by atoms with Crippen LogP contribution in [0.1, 0.15) is 5.56 Å². The minimum absolute atomic E-state index is 0.0176. The highest BCUT2D eigenvalue weighted by atomic mass is 79.9. The summed E-state index contributed by atoms with van der Waals surface area (Å²) in [6, 6.07) is 6.38. The molecule has 1 aromatic carbocycles. The number of carbonyl (C=O) groups excluding carboxylic acids is 1. The number of halogens is 2. The zero-order chi connectivity index (χ0) is 11.4. The molecule has 0 unspecified atom stereocenters. The molecule has 0 aliphatic rings. The lowest BCUT2D eigenvalue weighted by atomic mass is 10.2. The second-order valence-corrected chi connectivity index (χ2v) is 5.96. The normalized spacial score (nSPS) is 10.1. The number of hydrogen-bond acceptors (Lipinski definition) is 4. The minimum atomic E-state index is -0.617. The number of phenolic OH excluding ortho intramolecular Hbond substituents is 1. The van der Waals surface area contributed by atoms with Crippen LogP contribution in [0.25, 0.3) is 0 Å². The smallest absolute Gasteiger partial charge is 0.336 e. The maximum Gasteiger partial charge on any atom is 0.336 e. The van der Waals surface area contributed by atoms with Crippen LogP contribution in [0.2, 0.25) is 0 Å². The topological polar surface area (TPSA) is 46.5 Å². The van der Waals surface area contributed by atoms with E-state index in [1.807, 2.05) is 0 Å². The number of benzene rings is 1. The molecule has 0 aromatic heterocycles. The second-order valence-electron chi connectivity index (χ2n) is 2.53. The number of carbonyl (C=O) groups is 1. The van der Waals surface area contributed by atoms with Gasteiger partial charge in [0.1, 0.15) is 5.75 Å². The van der Waals surface area contributed by atoms with Crippen molar-refractivity contribution in [1.29, 1.82) is 0 Å². The van der Waals surface area contributed by atoms with Crippen LogP contribution in [0.3, 0.4) is 0 Å². The lowest BCUT2D eigenvalue weighted by Crippen LogP contribution is -2.16. The molecule has 0 radical (unpaired) electrons. The molecule has 1 rings (SSSR count). The molecular weight excluding hydrogens is 348 g/mol. The summed E-state index contributed by atoms with van der Waals surface area (Å²) in [6.45, 7) is 0. The van der Waals surface area contributed by atoms with E-state index in [1.54, 1.807) is 18.2 Å². The van der Waals surface area contributed by atoms with Crippen molar-refractivity contribution < 1.29 is 14.6 Å². The van der Waals surface area contributed by atoms with Crippen molar-refractivity contribution in [3.63, 3.8) is 0 Å². The fourth-order valence-electron chi connectivity index (χ4n) is 0.837. The van der Waals surface area contributed by atoms with Crippen LogP contribution in [0, 0.1) is 0 Å². The number of hydrogen-bond donors (Lipinski definition) is 1. The molecule has 0 saturated carbocycles. The summed E-state index contributed by atoms with van der Waals surface area (Å²) in [5.74, 6) is -0.584. The van der Waals surface area contributed by atoms with Crippen LogP contribution in [0.4, 0.5) is 0 Å². The van der Waals surface area contributed by atoms with Gasteiger partial charge in [-0.1, -0.05) is 44.0 Å². The number of para-hydroxylation sites is 1. The van der Waals surface area contributed by atoms with Crippen LogP contribution in [-0.4, -0.2) is 19.9 Å². The van der Waals surface area contributed by atoms with Crippen LogP contribution >= 0.6 is 44.1 Å². The number of thiocarbonyl (C=S) groups is 1. The van der Waals surface area contributed by atoms with Crippen LogP contribution in [0.5, 0.6) is 5.75 Å². The molecule has 0 aliphatic carbocycles. The van der Waals surface area contributed by atoms with Crippen LogP contribution in [-0.2, 0) is 9.53 Å². The molecule has 1 N–H and O–H groups in total. The molecule has 80 valence electrons. The average Bonchev–Trinajstić information content (AvgIpc) is 2.18. The van der Waals surface area contributed by atoms with Crippen molar-refractivity contribution in [2.45, 2.75) is 3.74 Å². The first-order chi connectivity index (χ1) is 7.02. The molecule has 6 heteroatoms. The first-order valence-electron chi connectivity index (χ1n) is 3.84. The Balaban J connectivity index is 2.79. The first kappa shape index (κ1) is 12.6. The number of phenols is 1. The first-order valence-corrected chi connectivity index (χ1v) is 6.08. The molecule has 0 aliphatic heterocycles. The van der Waals surface area contributed by atoms with Gasteiger partial charge in [0.15, 0.2) is 3.74 Å². The van der Waals surface area contributed by atoms with Gasteiger partial charge < -0.3 is 9.84 Å². The largest absolute Gasteiger partial charge is 0.507 e. The van der Waals surface area contributed by atoms with E-state index in [1.165, 1.54) is 6.07 Å². The predicted octanol–water partition coefficient (Wildman–Crippen LogP) is 2.73. The number of ether oxygens (including phenoxy) is 1. The van der Waals surface area contributed by atoms with Gasteiger partial charge in [0, 0.05) is 0 Å². The molecule has 0 fully saturated rings. The second kappa shape index (κ2) is 5.58. The van der Waals surface area contributed by atoms with Gasteiger partial charge in [0.05, 0.1) is 5.56 Å². The number of esters is 1. The molecule has 0 atom stereocenters. The highest BCUT2D eigenvalue weighted by molar-refractivity contribution is 9.25. The Morgan fingerprint density at radius 1 is 1.40 bits per heavy atom. The van der Waals surface area contributed by atoms with Crippen LogP contribution < -0.4 is 0 Å². The summed E-state index contributed by atoms with van der Waals surface area (Å²) in [7, 11) is 0. The highest BCUT2D eigenvalue weighted by Gasteiger charge is 2.17. The standard InChI is InChI=1S/C9H6Br2O3S/c10-7(11)8(13)14-9(15)5-3-1-2-4-6(5)12/h1-4,7,12H. The van der Waals surface area contributed by atoms with Gasteiger partial charge in [-0.3, -0.25) is 0 Å². The third-order valence-corrected chi connectivity index (χ3v) is 2.55. The monoisotopic (exact) mass is 352 g/mol. The molecule has 0 spiro atoms. The van der Waals surface area contributed by atoms with E-state index in [0.717, 1.165) is 0 Å². The summed E-state index contributed by atoms with van der Waals surface area (Å²) < 4.78 is 4.20. The van der Waals surface area contributed by atoms with E-state index in [-0.39, 0.29) is 10.8 Å². The molecule has 0 saturated heterocycles. The quantitative estimate of drug-likeness (QED) is 0.504. The minimum Gasteiger partial charge on any atom is -0.507 e. The lowest BCUT2D eigenvalue weighted by molar-refractivity contribution is -0.132. The van der Waals surface area contributed by atoms with E-state index >= 15 is 0 Å². The van der Waals surface area contributed by atoms with Gasteiger partial charge in [0.2, 0.25) is 5.05 Å². The van der Waals surface area contributed by atoms with Gasteiger partial charge in [-0.25, -0.2) is 4.79 Å². The molecule has 0 bridgehead atoms. The van der Waals surface area contributed by atoms with Crippen molar-refractivity contribution in [2.75, 3.05) is 0 Å². The van der Waals surface area contributed by atoms with Gasteiger partial charge in [0.25, 0.3) is 0 Å². The van der Waals surface area contributed by atoms with Gasteiger partial charge in [-0.15, -0.1) is 0 Å².